The van der Waals surface area contributed by atoms with Gasteiger partial charge in [0.25, 0.3) is 0 Å². The molecule has 2 aliphatic rings. The Labute approximate surface area is 212 Å². The van der Waals surface area contributed by atoms with Gasteiger partial charge in [-0.3, -0.25) is 14.4 Å². The van der Waals surface area contributed by atoms with Crippen LogP contribution >= 0.6 is 0 Å². The molecule has 0 aromatic heterocycles. The van der Waals surface area contributed by atoms with Crippen molar-refractivity contribution in [1.29, 1.82) is 0 Å². The van der Waals surface area contributed by atoms with Crippen molar-refractivity contribution in [3.8, 4) is 0 Å². The molecule has 35 heavy (non-hydrogen) atoms. The summed E-state index contributed by atoms with van der Waals surface area (Å²) in [4.78, 5) is 36.5. The molecule has 2 rings (SSSR count). The number of hydrogen-bond acceptors (Lipinski definition) is 6. The summed E-state index contributed by atoms with van der Waals surface area (Å²) < 4.78 is 11.1. The van der Waals surface area contributed by atoms with Crippen LogP contribution in [0, 0.1) is 11.8 Å². The third-order valence-electron chi connectivity index (χ3n) is 7.65. The van der Waals surface area contributed by atoms with E-state index in [9.17, 15) is 14.4 Å². The van der Waals surface area contributed by atoms with Gasteiger partial charge in [0, 0.05) is 37.3 Å². The minimum atomic E-state index is -0.0277. The van der Waals surface area contributed by atoms with Crippen LogP contribution in [0.2, 0.25) is 0 Å². The van der Waals surface area contributed by atoms with Gasteiger partial charge in [-0.2, -0.15) is 0 Å². The van der Waals surface area contributed by atoms with Crippen molar-refractivity contribution in [2.45, 2.75) is 116 Å². The van der Waals surface area contributed by atoms with Crippen LogP contribution < -0.4 is 10.6 Å². The molecular weight excluding hydrogens is 444 g/mol. The van der Waals surface area contributed by atoms with Crippen LogP contribution in [-0.4, -0.2) is 62.5 Å². The molecule has 7 nitrogen and oxygen atoms in total. The highest BCUT2D eigenvalue weighted by Gasteiger charge is 2.35. The van der Waals surface area contributed by atoms with Gasteiger partial charge in [0.1, 0.15) is 5.78 Å². The largest absolute Gasteiger partial charge is 0.379 e. The summed E-state index contributed by atoms with van der Waals surface area (Å²) in [6.45, 7) is 6.38. The average molecular weight is 495 g/mol. The highest BCUT2D eigenvalue weighted by molar-refractivity contribution is 5.88. The quantitative estimate of drug-likeness (QED) is 0.329. The Morgan fingerprint density at radius 3 is 2.06 bits per heavy atom. The van der Waals surface area contributed by atoms with Crippen LogP contribution in [0.25, 0.3) is 0 Å². The van der Waals surface area contributed by atoms with Gasteiger partial charge in [-0.15, -0.1) is 0 Å². The van der Waals surface area contributed by atoms with E-state index in [0.717, 1.165) is 32.1 Å². The molecule has 1 heterocycles. The molecule has 1 amide bonds. The van der Waals surface area contributed by atoms with E-state index in [1.165, 1.54) is 44.9 Å². The first kappa shape index (κ1) is 29.9. The van der Waals surface area contributed by atoms with E-state index >= 15 is 0 Å². The lowest BCUT2D eigenvalue weighted by Crippen LogP contribution is -2.30. The van der Waals surface area contributed by atoms with E-state index in [1.807, 2.05) is 6.92 Å². The van der Waals surface area contributed by atoms with Crippen molar-refractivity contribution >= 4 is 17.5 Å². The fourth-order valence-electron chi connectivity index (χ4n) is 5.12. The molecule has 2 N–H and O–H groups in total. The minimum Gasteiger partial charge on any atom is -0.379 e. The Hall–Kier alpha value is -1.31. The van der Waals surface area contributed by atoms with Gasteiger partial charge in [0.15, 0.2) is 5.78 Å². The van der Waals surface area contributed by atoms with Gasteiger partial charge >= 0.3 is 0 Å². The third kappa shape index (κ3) is 12.5. The maximum atomic E-state index is 12.5. The molecule has 0 bridgehead atoms. The molecule has 0 aromatic rings. The molecular formula is C28H50N2O5. The number of nitrogens with one attached hydrogen (secondary N) is 2. The summed E-state index contributed by atoms with van der Waals surface area (Å²) in [5.41, 5.74) is 0. The number of ether oxygens (including phenoxy) is 2. The molecule has 1 aliphatic heterocycles. The summed E-state index contributed by atoms with van der Waals surface area (Å²) >= 11 is 0. The zero-order chi connectivity index (χ0) is 25.3. The number of Topliss-reactive ketones (excluding diaryl/α,β-unsaturated/α-hetero) is 2. The number of amides is 1. The Morgan fingerprint density at radius 1 is 0.857 bits per heavy atom. The van der Waals surface area contributed by atoms with E-state index < -0.39 is 0 Å². The predicted molar refractivity (Wildman–Crippen MR) is 138 cm³/mol. The molecule has 0 radical (unpaired) electrons. The number of ketones is 2. The van der Waals surface area contributed by atoms with Gasteiger partial charge in [0.2, 0.25) is 5.91 Å². The van der Waals surface area contributed by atoms with Crippen LogP contribution in [0.3, 0.4) is 0 Å². The summed E-state index contributed by atoms with van der Waals surface area (Å²) in [7, 11) is 0. The van der Waals surface area contributed by atoms with Crippen LogP contribution in [0.1, 0.15) is 104 Å². The first-order valence-electron chi connectivity index (χ1n) is 14.2. The highest BCUT2D eigenvalue weighted by Crippen LogP contribution is 2.23. The summed E-state index contributed by atoms with van der Waals surface area (Å²) in [5.74, 6) is 0.978. The van der Waals surface area contributed by atoms with E-state index in [-0.39, 0.29) is 29.8 Å². The topological polar surface area (TPSA) is 93.7 Å². The first-order valence-corrected chi connectivity index (χ1v) is 14.2. The second kappa shape index (κ2) is 18.0. The molecule has 2 fully saturated rings. The van der Waals surface area contributed by atoms with Gasteiger partial charge < -0.3 is 20.1 Å². The molecule has 202 valence electrons. The van der Waals surface area contributed by atoms with Crippen molar-refractivity contribution in [3.05, 3.63) is 0 Å². The van der Waals surface area contributed by atoms with Crippen LogP contribution in [0.5, 0.6) is 0 Å². The van der Waals surface area contributed by atoms with Crippen LogP contribution in [-0.2, 0) is 23.9 Å². The van der Waals surface area contributed by atoms with Crippen molar-refractivity contribution < 1.29 is 23.9 Å². The fourth-order valence-corrected chi connectivity index (χ4v) is 5.12. The summed E-state index contributed by atoms with van der Waals surface area (Å²) in [5, 5.41) is 6.27. The van der Waals surface area contributed by atoms with Crippen LogP contribution in [0.15, 0.2) is 0 Å². The van der Waals surface area contributed by atoms with Crippen molar-refractivity contribution in [2.75, 3.05) is 33.0 Å². The lowest BCUT2D eigenvalue weighted by atomic mass is 9.88. The number of carbonyl (C=O) groups is 3. The van der Waals surface area contributed by atoms with E-state index in [0.29, 0.717) is 57.4 Å². The molecule has 0 spiro atoms. The maximum absolute atomic E-state index is 12.5. The molecule has 0 aromatic carbocycles. The van der Waals surface area contributed by atoms with Crippen molar-refractivity contribution in [1.82, 2.24) is 10.6 Å². The second-order valence-electron chi connectivity index (χ2n) is 10.5. The maximum Gasteiger partial charge on any atom is 0.222 e. The SMILES string of the molecule is CC1NC(CCCCNC(=O)CCOCCOCCC(=O)C2CCCCCCCCC2)C(=O)C1C. The zero-order valence-electron chi connectivity index (χ0n) is 22.3. The number of carbonyl (C=O) groups excluding carboxylic acids is 3. The molecule has 1 saturated heterocycles. The second-order valence-corrected chi connectivity index (χ2v) is 10.5. The van der Waals surface area contributed by atoms with E-state index in [2.05, 4.69) is 17.6 Å². The Bertz CT molecular complexity index is 616. The molecule has 7 heteroatoms. The van der Waals surface area contributed by atoms with Crippen LogP contribution in [0.4, 0.5) is 0 Å². The normalized spacial score (nSPS) is 24.4. The predicted octanol–water partition coefficient (Wildman–Crippen LogP) is 4.36. The number of rotatable bonds is 15. The smallest absolute Gasteiger partial charge is 0.222 e. The molecule has 3 atom stereocenters. The Kier molecular flexibility index (Phi) is 15.4. The average Bonchev–Trinajstić information content (AvgIpc) is 3.10. The molecule has 1 aliphatic carbocycles. The Balaban J connectivity index is 1.39. The molecule has 1 saturated carbocycles. The van der Waals surface area contributed by atoms with Gasteiger partial charge in [-0.25, -0.2) is 0 Å². The number of hydrogen-bond donors (Lipinski definition) is 2. The summed E-state index contributed by atoms with van der Waals surface area (Å²) in [6.07, 6.45) is 14.4. The fraction of sp³-hybridized carbons (Fsp3) is 0.893. The highest BCUT2D eigenvalue weighted by atomic mass is 16.5. The van der Waals surface area contributed by atoms with Crippen molar-refractivity contribution in [2.24, 2.45) is 11.8 Å². The lowest BCUT2D eigenvalue weighted by molar-refractivity contribution is -0.125. The number of unbranched alkanes of at least 4 members (excludes halogenated alkanes) is 1. The molecule has 3 unspecified atom stereocenters. The van der Waals surface area contributed by atoms with Gasteiger partial charge in [-0.05, 0) is 39.0 Å². The van der Waals surface area contributed by atoms with Gasteiger partial charge in [0.05, 0.1) is 32.5 Å². The lowest BCUT2D eigenvalue weighted by Gasteiger charge is -2.17. The minimum absolute atomic E-state index is 0.0143. The third-order valence-corrected chi connectivity index (χ3v) is 7.65. The monoisotopic (exact) mass is 494 g/mol. The first-order chi connectivity index (χ1) is 17.0. The van der Waals surface area contributed by atoms with E-state index in [1.54, 1.807) is 0 Å². The van der Waals surface area contributed by atoms with Crippen molar-refractivity contribution in [3.63, 3.8) is 0 Å². The Morgan fingerprint density at radius 2 is 1.46 bits per heavy atom. The van der Waals surface area contributed by atoms with Gasteiger partial charge in [-0.1, -0.05) is 51.9 Å². The van der Waals surface area contributed by atoms with E-state index in [4.69, 9.17) is 9.47 Å². The zero-order valence-corrected chi connectivity index (χ0v) is 22.3. The standard InChI is InChI=1S/C28H50N2O5/c1-22-23(2)30-25(28(22)33)14-10-11-17-29-27(32)16-19-35-21-20-34-18-15-26(31)24-12-8-6-4-3-5-7-9-13-24/h22-25,30H,3-21H2,1-2H3,(H,29,32). The summed E-state index contributed by atoms with van der Waals surface area (Å²) in [6, 6.07) is 0.227.